The molecule has 0 saturated heterocycles. The lowest BCUT2D eigenvalue weighted by Gasteiger charge is -1.81. The standard InChI is InChI=1S/C3H10N2.3C2H6O/c4-2-1-3-5;3*1-2-3/h1-5H2;3*3H,2H2,1H3. The Kier molecular flexibility index (Phi) is 89.1. The molecule has 0 saturated carbocycles. The van der Waals surface area contributed by atoms with E-state index >= 15 is 0 Å². The number of aliphatic hydroxyl groups is 3. The number of nitrogens with two attached hydrogens (primary N) is 2. The molecule has 0 aliphatic heterocycles. The molecule has 0 aliphatic rings. The zero-order valence-electron chi connectivity index (χ0n) is 9.74. The fourth-order valence-corrected chi connectivity index (χ4v) is 0.118. The summed E-state index contributed by atoms with van der Waals surface area (Å²) in [6.07, 6.45) is 0.944. The Hall–Kier alpha value is -0.200. The third-order valence-corrected chi connectivity index (χ3v) is 0.408. The van der Waals surface area contributed by atoms with Gasteiger partial charge in [-0.15, -0.1) is 0 Å². The summed E-state index contributed by atoms with van der Waals surface area (Å²) in [5, 5.41) is 22.7. The van der Waals surface area contributed by atoms with E-state index in [9.17, 15) is 0 Å². The lowest BCUT2D eigenvalue weighted by molar-refractivity contribution is 0.318. The van der Waals surface area contributed by atoms with Crippen LogP contribution in [0.25, 0.3) is 0 Å². The summed E-state index contributed by atoms with van der Waals surface area (Å²) in [6.45, 7) is 7.23. The van der Waals surface area contributed by atoms with Crippen LogP contribution in [0.4, 0.5) is 0 Å². The molecule has 0 bridgehead atoms. The SMILES string of the molecule is CCO.CCO.CCO.NCCCN. The van der Waals surface area contributed by atoms with Crippen molar-refractivity contribution in [3.05, 3.63) is 0 Å². The highest BCUT2D eigenvalue weighted by atomic mass is 16.3. The summed E-state index contributed by atoms with van der Waals surface area (Å²) >= 11 is 0. The predicted molar refractivity (Wildman–Crippen MR) is 61.0 cm³/mol. The van der Waals surface area contributed by atoms with Crippen LogP contribution in [-0.4, -0.2) is 48.2 Å². The van der Waals surface area contributed by atoms with E-state index in [0.29, 0.717) is 0 Å². The van der Waals surface area contributed by atoms with Gasteiger partial charge in [0.1, 0.15) is 0 Å². The second-order valence-corrected chi connectivity index (χ2v) is 1.88. The average molecular weight is 212 g/mol. The molecule has 7 N–H and O–H groups in total. The van der Waals surface area contributed by atoms with E-state index in [2.05, 4.69) is 0 Å². The molecule has 5 nitrogen and oxygen atoms in total. The van der Waals surface area contributed by atoms with E-state index in [4.69, 9.17) is 26.8 Å². The molecule has 0 aliphatic carbocycles. The monoisotopic (exact) mass is 212 g/mol. The molecule has 0 aromatic rings. The Bertz CT molecular complexity index is 42.3. The van der Waals surface area contributed by atoms with E-state index in [1.807, 2.05) is 0 Å². The smallest absolute Gasteiger partial charge is 0.0402 e. The molecule has 5 heteroatoms. The van der Waals surface area contributed by atoms with Crippen LogP contribution in [0, 0.1) is 0 Å². The molecule has 0 aromatic carbocycles. The maximum Gasteiger partial charge on any atom is 0.0402 e. The predicted octanol–water partition coefficient (Wildman–Crippen LogP) is -0.710. The van der Waals surface area contributed by atoms with Gasteiger partial charge in [-0.2, -0.15) is 0 Å². The topological polar surface area (TPSA) is 113 Å². The molecular formula is C9H28N2O3. The van der Waals surface area contributed by atoms with Gasteiger partial charge in [-0.05, 0) is 40.3 Å². The molecule has 0 atom stereocenters. The normalized spacial score (nSPS) is 6.86. The summed E-state index contributed by atoms with van der Waals surface area (Å²) < 4.78 is 0. The fraction of sp³-hybridized carbons (Fsp3) is 1.00. The zero-order valence-corrected chi connectivity index (χ0v) is 9.74. The quantitative estimate of drug-likeness (QED) is 0.415. The van der Waals surface area contributed by atoms with Gasteiger partial charge in [0, 0.05) is 19.8 Å². The van der Waals surface area contributed by atoms with Crippen LogP contribution in [0.5, 0.6) is 0 Å². The van der Waals surface area contributed by atoms with Crippen molar-refractivity contribution in [1.82, 2.24) is 0 Å². The van der Waals surface area contributed by atoms with Crippen molar-refractivity contribution >= 4 is 0 Å². The number of aliphatic hydroxyl groups excluding tert-OH is 3. The summed E-state index contributed by atoms with van der Waals surface area (Å²) in [4.78, 5) is 0. The first-order chi connectivity index (χ1) is 6.66. The van der Waals surface area contributed by atoms with Crippen LogP contribution < -0.4 is 11.5 Å². The molecule has 14 heavy (non-hydrogen) atoms. The van der Waals surface area contributed by atoms with Crippen molar-refractivity contribution in [2.75, 3.05) is 32.9 Å². The van der Waals surface area contributed by atoms with Crippen molar-refractivity contribution in [3.63, 3.8) is 0 Å². The first-order valence-electron chi connectivity index (χ1n) is 4.89. The van der Waals surface area contributed by atoms with E-state index in [1.54, 1.807) is 20.8 Å². The Labute approximate surface area is 87.7 Å². The van der Waals surface area contributed by atoms with Gasteiger partial charge < -0.3 is 26.8 Å². The maximum atomic E-state index is 7.57. The summed E-state index contributed by atoms with van der Waals surface area (Å²) in [6, 6.07) is 0. The van der Waals surface area contributed by atoms with Crippen LogP contribution in [0.3, 0.4) is 0 Å². The highest BCUT2D eigenvalue weighted by Crippen LogP contribution is 1.58. The van der Waals surface area contributed by atoms with Crippen molar-refractivity contribution in [2.45, 2.75) is 27.2 Å². The Morgan fingerprint density at radius 1 is 0.714 bits per heavy atom. The van der Waals surface area contributed by atoms with Gasteiger partial charge in [-0.3, -0.25) is 0 Å². The van der Waals surface area contributed by atoms with Gasteiger partial charge in [0.05, 0.1) is 0 Å². The number of rotatable bonds is 2. The average Bonchev–Trinajstić information content (AvgIpc) is 2.09. The molecule has 92 valence electrons. The van der Waals surface area contributed by atoms with Gasteiger partial charge in [0.15, 0.2) is 0 Å². The van der Waals surface area contributed by atoms with Gasteiger partial charge >= 0.3 is 0 Å². The second kappa shape index (κ2) is 53.0. The molecular weight excluding hydrogens is 184 g/mol. The molecule has 0 radical (unpaired) electrons. The van der Waals surface area contributed by atoms with Crippen LogP contribution >= 0.6 is 0 Å². The lowest BCUT2D eigenvalue weighted by Crippen LogP contribution is -2.06. The lowest BCUT2D eigenvalue weighted by atomic mass is 10.4. The highest BCUT2D eigenvalue weighted by Gasteiger charge is 1.67. The third-order valence-electron chi connectivity index (χ3n) is 0.408. The van der Waals surface area contributed by atoms with E-state index in [1.165, 1.54) is 0 Å². The molecule has 0 rings (SSSR count). The minimum atomic E-state index is 0.250. The minimum absolute atomic E-state index is 0.250. The number of hydrogen-bond donors (Lipinski definition) is 5. The zero-order chi connectivity index (χ0) is 12.2. The van der Waals surface area contributed by atoms with E-state index in [0.717, 1.165) is 19.5 Å². The van der Waals surface area contributed by atoms with Gasteiger partial charge in [0.2, 0.25) is 0 Å². The van der Waals surface area contributed by atoms with Crippen molar-refractivity contribution in [2.24, 2.45) is 11.5 Å². The van der Waals surface area contributed by atoms with E-state index in [-0.39, 0.29) is 19.8 Å². The van der Waals surface area contributed by atoms with Crippen molar-refractivity contribution < 1.29 is 15.3 Å². The van der Waals surface area contributed by atoms with Gasteiger partial charge in [0.25, 0.3) is 0 Å². The maximum absolute atomic E-state index is 7.57. The summed E-state index contributed by atoms with van der Waals surface area (Å²) in [7, 11) is 0. The third kappa shape index (κ3) is 425. The summed E-state index contributed by atoms with van der Waals surface area (Å²) in [5.74, 6) is 0. The molecule has 0 heterocycles. The molecule has 0 fully saturated rings. The van der Waals surface area contributed by atoms with Crippen molar-refractivity contribution in [3.8, 4) is 0 Å². The van der Waals surface area contributed by atoms with Gasteiger partial charge in [-0.1, -0.05) is 0 Å². The molecule has 0 unspecified atom stereocenters. The fourth-order valence-electron chi connectivity index (χ4n) is 0.118. The van der Waals surface area contributed by atoms with Crippen LogP contribution in [0.15, 0.2) is 0 Å². The Balaban J connectivity index is -0.0000000495. The van der Waals surface area contributed by atoms with E-state index < -0.39 is 0 Å². The highest BCUT2D eigenvalue weighted by molar-refractivity contribution is 4.33. The van der Waals surface area contributed by atoms with Crippen LogP contribution in [0.2, 0.25) is 0 Å². The first kappa shape index (κ1) is 23.5. The van der Waals surface area contributed by atoms with Crippen LogP contribution in [-0.2, 0) is 0 Å². The Morgan fingerprint density at radius 2 is 0.857 bits per heavy atom. The minimum Gasteiger partial charge on any atom is -0.397 e. The summed E-state index contributed by atoms with van der Waals surface area (Å²) in [5.41, 5.74) is 10.1. The molecule has 0 aromatic heterocycles. The largest absolute Gasteiger partial charge is 0.397 e. The molecule has 0 spiro atoms. The molecule has 0 amide bonds. The van der Waals surface area contributed by atoms with Crippen molar-refractivity contribution in [1.29, 1.82) is 0 Å². The Morgan fingerprint density at radius 3 is 0.857 bits per heavy atom. The van der Waals surface area contributed by atoms with Gasteiger partial charge in [-0.25, -0.2) is 0 Å². The van der Waals surface area contributed by atoms with Crippen LogP contribution in [0.1, 0.15) is 27.2 Å². The number of hydrogen-bond acceptors (Lipinski definition) is 5. The first-order valence-corrected chi connectivity index (χ1v) is 4.89. The second-order valence-electron chi connectivity index (χ2n) is 1.88.